The number of esters is 1. The maximum absolute atomic E-state index is 12.7. The lowest BCUT2D eigenvalue weighted by atomic mass is 9.96. The quantitative estimate of drug-likeness (QED) is 0.562. The van der Waals surface area contributed by atoms with Crippen molar-refractivity contribution in [3.05, 3.63) is 82.4 Å². The Bertz CT molecular complexity index is 959. The maximum Gasteiger partial charge on any atom is 0.343 e. The lowest BCUT2D eigenvalue weighted by Gasteiger charge is -2.20. The van der Waals surface area contributed by atoms with Crippen molar-refractivity contribution < 1.29 is 13.9 Å². The van der Waals surface area contributed by atoms with Crippen LogP contribution in [-0.4, -0.2) is 12.1 Å². The van der Waals surface area contributed by atoms with Crippen molar-refractivity contribution in [2.75, 3.05) is 0 Å². The number of ether oxygens (including phenoxy) is 1. The lowest BCUT2D eigenvalue weighted by molar-refractivity contribution is -0.151. The van der Waals surface area contributed by atoms with Crippen molar-refractivity contribution in [1.29, 1.82) is 0 Å². The van der Waals surface area contributed by atoms with E-state index in [2.05, 4.69) is 0 Å². The van der Waals surface area contributed by atoms with E-state index in [0.29, 0.717) is 30.4 Å². The largest absolute Gasteiger partial charge is 0.461 e. The molecule has 140 valence electrons. The highest BCUT2D eigenvalue weighted by Gasteiger charge is 2.24. The third kappa shape index (κ3) is 4.45. The van der Waals surface area contributed by atoms with Gasteiger partial charge in [0.25, 0.3) is 0 Å². The van der Waals surface area contributed by atoms with Crippen molar-refractivity contribution in [2.24, 2.45) is 0 Å². The van der Waals surface area contributed by atoms with Crippen LogP contribution in [0, 0.1) is 0 Å². The minimum Gasteiger partial charge on any atom is -0.461 e. The smallest absolute Gasteiger partial charge is 0.343 e. The molecule has 2 aromatic carbocycles. The summed E-state index contributed by atoms with van der Waals surface area (Å²) in [7, 11) is 0. The number of fused-ring (bicyclic) bond motifs is 1. The molecule has 0 spiro atoms. The van der Waals surface area contributed by atoms with E-state index in [1.165, 1.54) is 0 Å². The van der Waals surface area contributed by atoms with E-state index >= 15 is 0 Å². The van der Waals surface area contributed by atoms with Crippen LogP contribution >= 0.6 is 0 Å². The molecule has 0 bridgehead atoms. The number of hydrogen-bond donors (Lipinski definition) is 0. The molecule has 0 aliphatic heterocycles. The monoisotopic (exact) mass is 364 g/mol. The van der Waals surface area contributed by atoms with Crippen LogP contribution in [0.3, 0.4) is 0 Å². The standard InChI is InChI=1S/C23H24O4/c1-3-18(26-22(24)20(4-2)16-10-6-5-7-11-16)15-19-14-17-12-8-9-13-21(17)23(25)27-19/h5-14,18,20H,3-4,15H2,1-2H3/t18-,20-/m0/s1. The zero-order valence-corrected chi connectivity index (χ0v) is 15.7. The van der Waals surface area contributed by atoms with Gasteiger partial charge in [-0.25, -0.2) is 4.79 Å². The molecule has 0 amide bonds. The summed E-state index contributed by atoms with van der Waals surface area (Å²) in [5.74, 6) is 0.00802. The predicted molar refractivity (Wildman–Crippen MR) is 106 cm³/mol. The Morgan fingerprint density at radius 3 is 2.41 bits per heavy atom. The molecule has 0 saturated heterocycles. The minimum atomic E-state index is -0.361. The van der Waals surface area contributed by atoms with Crippen molar-refractivity contribution in [1.82, 2.24) is 0 Å². The summed E-state index contributed by atoms with van der Waals surface area (Å²) in [4.78, 5) is 24.9. The normalized spacial score (nSPS) is 13.3. The van der Waals surface area contributed by atoms with E-state index in [-0.39, 0.29) is 23.6 Å². The first kappa shape index (κ1) is 18.9. The summed E-state index contributed by atoms with van der Waals surface area (Å²) >= 11 is 0. The van der Waals surface area contributed by atoms with Gasteiger partial charge < -0.3 is 9.15 Å². The average Bonchev–Trinajstić information content (AvgIpc) is 2.69. The molecule has 2 atom stereocenters. The molecule has 0 saturated carbocycles. The summed E-state index contributed by atoms with van der Waals surface area (Å²) in [6.07, 6.45) is 1.37. The molecule has 3 aromatic rings. The summed E-state index contributed by atoms with van der Waals surface area (Å²) in [5, 5.41) is 1.39. The molecular formula is C23H24O4. The van der Waals surface area contributed by atoms with Gasteiger partial charge in [-0.3, -0.25) is 4.79 Å². The van der Waals surface area contributed by atoms with Gasteiger partial charge in [0.2, 0.25) is 0 Å². The zero-order chi connectivity index (χ0) is 19.2. The van der Waals surface area contributed by atoms with Crippen molar-refractivity contribution in [3.8, 4) is 0 Å². The third-order valence-corrected chi connectivity index (χ3v) is 4.78. The molecule has 1 heterocycles. The van der Waals surface area contributed by atoms with Gasteiger partial charge in [-0.15, -0.1) is 0 Å². The average molecular weight is 364 g/mol. The van der Waals surface area contributed by atoms with Gasteiger partial charge in [0.05, 0.1) is 11.3 Å². The first-order valence-corrected chi connectivity index (χ1v) is 9.39. The van der Waals surface area contributed by atoms with Gasteiger partial charge in [-0.1, -0.05) is 62.4 Å². The zero-order valence-electron chi connectivity index (χ0n) is 15.7. The molecule has 0 radical (unpaired) electrons. The van der Waals surface area contributed by atoms with Crippen LogP contribution in [-0.2, 0) is 16.0 Å². The third-order valence-electron chi connectivity index (χ3n) is 4.78. The fourth-order valence-electron chi connectivity index (χ4n) is 3.25. The predicted octanol–water partition coefficient (Wildman–Crippen LogP) is 4.85. The second kappa shape index (κ2) is 8.67. The second-order valence-electron chi connectivity index (χ2n) is 6.63. The van der Waals surface area contributed by atoms with E-state index in [1.807, 2.05) is 68.4 Å². The fraction of sp³-hybridized carbons (Fsp3) is 0.304. The Morgan fingerprint density at radius 2 is 1.70 bits per heavy atom. The van der Waals surface area contributed by atoms with Gasteiger partial charge in [-0.2, -0.15) is 0 Å². The molecule has 0 N–H and O–H groups in total. The van der Waals surface area contributed by atoms with Crippen LogP contribution in [0.1, 0.15) is 43.9 Å². The number of rotatable bonds is 7. The molecule has 0 aliphatic rings. The van der Waals surface area contributed by atoms with Gasteiger partial charge in [0.15, 0.2) is 0 Å². The van der Waals surface area contributed by atoms with Gasteiger partial charge in [0.1, 0.15) is 11.9 Å². The Kier molecular flexibility index (Phi) is 6.07. The van der Waals surface area contributed by atoms with E-state index in [0.717, 1.165) is 10.9 Å². The second-order valence-corrected chi connectivity index (χ2v) is 6.63. The topological polar surface area (TPSA) is 56.5 Å². The molecule has 0 unspecified atom stereocenters. The van der Waals surface area contributed by atoms with Crippen LogP contribution in [0.5, 0.6) is 0 Å². The van der Waals surface area contributed by atoms with Crippen LogP contribution in [0.15, 0.2) is 69.9 Å². The molecular weight excluding hydrogens is 340 g/mol. The van der Waals surface area contributed by atoms with Crippen LogP contribution in [0.2, 0.25) is 0 Å². The Balaban J connectivity index is 1.75. The van der Waals surface area contributed by atoms with Crippen molar-refractivity contribution >= 4 is 16.7 Å². The Labute approximate surface area is 158 Å². The van der Waals surface area contributed by atoms with E-state index in [1.54, 1.807) is 6.07 Å². The minimum absolute atomic E-state index is 0.237. The molecule has 0 aliphatic carbocycles. The highest BCUT2D eigenvalue weighted by Crippen LogP contribution is 2.23. The summed E-state index contributed by atoms with van der Waals surface area (Å²) in [6.45, 7) is 3.93. The molecule has 0 fully saturated rings. The van der Waals surface area contributed by atoms with Crippen LogP contribution < -0.4 is 5.63 Å². The van der Waals surface area contributed by atoms with Gasteiger partial charge in [0, 0.05) is 6.42 Å². The van der Waals surface area contributed by atoms with Crippen molar-refractivity contribution in [3.63, 3.8) is 0 Å². The SMILES string of the molecule is CC[C@@H](Cc1cc2ccccc2c(=O)o1)OC(=O)[C@@H](CC)c1ccccc1. The van der Waals surface area contributed by atoms with Crippen LogP contribution in [0.4, 0.5) is 0 Å². The Morgan fingerprint density at radius 1 is 1.00 bits per heavy atom. The first-order valence-electron chi connectivity index (χ1n) is 9.39. The lowest BCUT2D eigenvalue weighted by Crippen LogP contribution is -2.24. The molecule has 3 rings (SSSR count). The molecule has 4 heteroatoms. The molecule has 1 aromatic heterocycles. The van der Waals surface area contributed by atoms with Gasteiger partial charge >= 0.3 is 11.6 Å². The molecule has 4 nitrogen and oxygen atoms in total. The van der Waals surface area contributed by atoms with Gasteiger partial charge in [-0.05, 0) is 35.9 Å². The summed E-state index contributed by atoms with van der Waals surface area (Å²) < 4.78 is 11.2. The number of hydrogen-bond acceptors (Lipinski definition) is 4. The Hall–Kier alpha value is -2.88. The van der Waals surface area contributed by atoms with Crippen LogP contribution in [0.25, 0.3) is 10.8 Å². The number of benzene rings is 2. The maximum atomic E-state index is 12.7. The van der Waals surface area contributed by atoms with E-state index in [4.69, 9.17) is 9.15 Å². The van der Waals surface area contributed by atoms with E-state index < -0.39 is 0 Å². The highest BCUT2D eigenvalue weighted by molar-refractivity contribution is 5.81. The molecule has 27 heavy (non-hydrogen) atoms. The fourth-order valence-corrected chi connectivity index (χ4v) is 3.25. The summed E-state index contributed by atoms with van der Waals surface area (Å²) in [5.41, 5.74) is 0.595. The highest BCUT2D eigenvalue weighted by atomic mass is 16.5. The van der Waals surface area contributed by atoms with E-state index in [9.17, 15) is 9.59 Å². The first-order chi connectivity index (χ1) is 13.1. The number of carbonyl (C=O) groups is 1. The number of carbonyl (C=O) groups excluding carboxylic acids is 1. The summed E-state index contributed by atoms with van der Waals surface area (Å²) in [6, 6.07) is 18.8. The van der Waals surface area contributed by atoms with Crippen molar-refractivity contribution in [2.45, 2.75) is 45.1 Å².